The van der Waals surface area contributed by atoms with E-state index in [1.807, 2.05) is 12.1 Å². The van der Waals surface area contributed by atoms with E-state index in [0.717, 1.165) is 15.7 Å². The number of phenolic OH excluding ortho intramolecular Hbond substituents is 1. The van der Waals surface area contributed by atoms with Gasteiger partial charge in [-0.2, -0.15) is 5.10 Å². The summed E-state index contributed by atoms with van der Waals surface area (Å²) in [7, 11) is 0. The molecule has 0 amide bonds. The Labute approximate surface area is 83.5 Å². The van der Waals surface area contributed by atoms with Crippen LogP contribution in [0.3, 0.4) is 0 Å². The summed E-state index contributed by atoms with van der Waals surface area (Å²) in [6, 6.07) is 7.11. The van der Waals surface area contributed by atoms with Gasteiger partial charge >= 0.3 is 0 Å². The van der Waals surface area contributed by atoms with Crippen LogP contribution in [-0.4, -0.2) is 15.3 Å². The van der Waals surface area contributed by atoms with Crippen LogP contribution in [0.5, 0.6) is 5.75 Å². The third kappa shape index (κ3) is 1.45. The number of H-pyrrole nitrogens is 1. The molecule has 0 aliphatic carbocycles. The summed E-state index contributed by atoms with van der Waals surface area (Å²) >= 11 is 3.33. The van der Waals surface area contributed by atoms with Crippen LogP contribution in [-0.2, 0) is 0 Å². The monoisotopic (exact) mass is 238 g/mol. The van der Waals surface area contributed by atoms with Crippen LogP contribution in [0.1, 0.15) is 0 Å². The molecule has 1 aromatic carbocycles. The molecular weight excluding hydrogens is 232 g/mol. The minimum atomic E-state index is 0.243. The lowest BCUT2D eigenvalue weighted by Gasteiger charge is -2.00. The molecule has 2 rings (SSSR count). The molecule has 0 saturated carbocycles. The molecule has 1 heterocycles. The Balaban J connectivity index is 2.59. The van der Waals surface area contributed by atoms with Gasteiger partial charge in [-0.3, -0.25) is 5.10 Å². The van der Waals surface area contributed by atoms with Crippen LogP contribution >= 0.6 is 15.9 Å². The molecule has 0 radical (unpaired) electrons. The summed E-state index contributed by atoms with van der Waals surface area (Å²) < 4.78 is 0.842. The second-order valence-corrected chi connectivity index (χ2v) is 3.46. The van der Waals surface area contributed by atoms with Crippen molar-refractivity contribution in [2.24, 2.45) is 0 Å². The highest BCUT2D eigenvalue weighted by molar-refractivity contribution is 9.10. The highest BCUT2D eigenvalue weighted by Crippen LogP contribution is 2.31. The van der Waals surface area contributed by atoms with Crippen molar-refractivity contribution in [3.8, 4) is 17.0 Å². The average molecular weight is 239 g/mol. The smallest absolute Gasteiger partial charge is 0.124 e. The van der Waals surface area contributed by atoms with E-state index in [1.54, 1.807) is 18.3 Å². The minimum Gasteiger partial charge on any atom is -0.507 e. The lowest BCUT2D eigenvalue weighted by molar-refractivity contribution is 0.477. The zero-order valence-corrected chi connectivity index (χ0v) is 8.25. The average Bonchev–Trinajstić information content (AvgIpc) is 2.52. The number of para-hydroxylation sites is 1. The number of aromatic nitrogens is 2. The maximum atomic E-state index is 9.54. The maximum absolute atomic E-state index is 9.54. The highest BCUT2D eigenvalue weighted by atomic mass is 79.9. The summed E-state index contributed by atoms with van der Waals surface area (Å²) in [5.41, 5.74) is 1.53. The van der Waals surface area contributed by atoms with E-state index in [-0.39, 0.29) is 5.75 Å². The Morgan fingerprint density at radius 3 is 2.69 bits per heavy atom. The standard InChI is InChI=1S/C9H7BrN2O/c10-7-5-11-12-9(7)6-3-1-2-4-8(6)13/h1-5,13H,(H,11,12). The van der Waals surface area contributed by atoms with Crippen LogP contribution in [0.15, 0.2) is 34.9 Å². The molecule has 0 atom stereocenters. The lowest BCUT2D eigenvalue weighted by atomic mass is 10.1. The van der Waals surface area contributed by atoms with Gasteiger partial charge in [0.25, 0.3) is 0 Å². The molecule has 2 aromatic rings. The van der Waals surface area contributed by atoms with Gasteiger partial charge in [0.2, 0.25) is 0 Å². The first-order valence-corrected chi connectivity index (χ1v) is 4.55. The van der Waals surface area contributed by atoms with E-state index >= 15 is 0 Å². The van der Waals surface area contributed by atoms with E-state index in [0.29, 0.717) is 0 Å². The molecule has 13 heavy (non-hydrogen) atoms. The summed E-state index contributed by atoms with van der Waals surface area (Å²) in [5.74, 6) is 0.243. The Bertz CT molecular complexity index is 425. The largest absolute Gasteiger partial charge is 0.507 e. The number of benzene rings is 1. The molecule has 0 unspecified atom stereocenters. The Morgan fingerprint density at radius 2 is 2.08 bits per heavy atom. The van der Waals surface area contributed by atoms with Gasteiger partial charge in [-0.05, 0) is 28.1 Å². The van der Waals surface area contributed by atoms with Gasteiger partial charge in [0, 0.05) is 5.56 Å². The number of aromatic amines is 1. The van der Waals surface area contributed by atoms with E-state index < -0.39 is 0 Å². The van der Waals surface area contributed by atoms with Crippen LogP contribution in [0.25, 0.3) is 11.3 Å². The van der Waals surface area contributed by atoms with Gasteiger partial charge < -0.3 is 5.11 Å². The number of nitrogens with zero attached hydrogens (tertiary/aromatic N) is 1. The predicted molar refractivity (Wildman–Crippen MR) is 53.4 cm³/mol. The number of hydrogen-bond donors (Lipinski definition) is 2. The highest BCUT2D eigenvalue weighted by Gasteiger charge is 2.08. The quantitative estimate of drug-likeness (QED) is 0.803. The lowest BCUT2D eigenvalue weighted by Crippen LogP contribution is -1.79. The normalized spacial score (nSPS) is 10.2. The molecule has 66 valence electrons. The maximum Gasteiger partial charge on any atom is 0.124 e. The number of aromatic hydroxyl groups is 1. The summed E-state index contributed by atoms with van der Waals surface area (Å²) in [6.07, 6.45) is 1.65. The molecular formula is C9H7BrN2O. The Kier molecular flexibility index (Phi) is 2.06. The third-order valence-corrected chi connectivity index (χ3v) is 2.37. The van der Waals surface area contributed by atoms with Gasteiger partial charge in [0.15, 0.2) is 0 Å². The van der Waals surface area contributed by atoms with Crippen molar-refractivity contribution in [3.63, 3.8) is 0 Å². The molecule has 2 N–H and O–H groups in total. The topological polar surface area (TPSA) is 48.9 Å². The van der Waals surface area contributed by atoms with Crippen molar-refractivity contribution < 1.29 is 5.11 Å². The van der Waals surface area contributed by atoms with Gasteiger partial charge in [-0.25, -0.2) is 0 Å². The van der Waals surface area contributed by atoms with Crippen LogP contribution in [0.4, 0.5) is 0 Å². The fraction of sp³-hybridized carbons (Fsp3) is 0. The van der Waals surface area contributed by atoms with E-state index in [2.05, 4.69) is 26.1 Å². The number of halogens is 1. The third-order valence-electron chi connectivity index (χ3n) is 1.77. The second-order valence-electron chi connectivity index (χ2n) is 2.61. The number of phenols is 1. The Morgan fingerprint density at radius 1 is 1.31 bits per heavy atom. The number of hydrogen-bond acceptors (Lipinski definition) is 2. The predicted octanol–water partition coefficient (Wildman–Crippen LogP) is 2.54. The van der Waals surface area contributed by atoms with Crippen molar-refractivity contribution in [3.05, 3.63) is 34.9 Å². The zero-order valence-electron chi connectivity index (χ0n) is 6.66. The summed E-state index contributed by atoms with van der Waals surface area (Å²) in [5, 5.41) is 16.2. The van der Waals surface area contributed by atoms with Crippen molar-refractivity contribution >= 4 is 15.9 Å². The molecule has 3 nitrogen and oxygen atoms in total. The van der Waals surface area contributed by atoms with E-state index in [9.17, 15) is 5.11 Å². The first-order valence-electron chi connectivity index (χ1n) is 3.76. The molecule has 1 aromatic heterocycles. The molecule has 0 aliphatic rings. The van der Waals surface area contributed by atoms with Gasteiger partial charge in [0.1, 0.15) is 5.75 Å². The fourth-order valence-electron chi connectivity index (χ4n) is 1.15. The minimum absolute atomic E-state index is 0.243. The SMILES string of the molecule is Oc1ccccc1-c1[nH]ncc1Br. The first kappa shape index (κ1) is 8.31. The summed E-state index contributed by atoms with van der Waals surface area (Å²) in [6.45, 7) is 0. The van der Waals surface area contributed by atoms with E-state index in [1.165, 1.54) is 0 Å². The van der Waals surface area contributed by atoms with E-state index in [4.69, 9.17) is 0 Å². The van der Waals surface area contributed by atoms with Crippen LogP contribution in [0.2, 0.25) is 0 Å². The summed E-state index contributed by atoms with van der Waals surface area (Å²) in [4.78, 5) is 0. The van der Waals surface area contributed by atoms with Crippen molar-refractivity contribution in [1.82, 2.24) is 10.2 Å². The van der Waals surface area contributed by atoms with Crippen molar-refractivity contribution in [1.29, 1.82) is 0 Å². The first-order chi connectivity index (χ1) is 6.29. The van der Waals surface area contributed by atoms with Gasteiger partial charge in [-0.15, -0.1) is 0 Å². The van der Waals surface area contributed by atoms with Crippen molar-refractivity contribution in [2.75, 3.05) is 0 Å². The number of nitrogens with one attached hydrogen (secondary N) is 1. The second kappa shape index (κ2) is 3.22. The molecule has 0 aliphatic heterocycles. The van der Waals surface area contributed by atoms with Crippen LogP contribution < -0.4 is 0 Å². The molecule has 0 saturated heterocycles. The molecule has 0 bridgehead atoms. The molecule has 0 spiro atoms. The molecule has 0 fully saturated rings. The fourth-order valence-corrected chi connectivity index (χ4v) is 1.55. The van der Waals surface area contributed by atoms with Gasteiger partial charge in [0.05, 0.1) is 16.4 Å². The zero-order chi connectivity index (χ0) is 9.26. The molecule has 4 heteroatoms. The Hall–Kier alpha value is -1.29. The number of rotatable bonds is 1. The van der Waals surface area contributed by atoms with Gasteiger partial charge in [-0.1, -0.05) is 12.1 Å². The van der Waals surface area contributed by atoms with Crippen molar-refractivity contribution in [2.45, 2.75) is 0 Å². The van der Waals surface area contributed by atoms with Crippen LogP contribution in [0, 0.1) is 0 Å².